The number of benzene rings is 3. The van der Waals surface area contributed by atoms with Crippen LogP contribution in [0.5, 0.6) is 0 Å². The Morgan fingerprint density at radius 3 is 2.24 bits per heavy atom. The summed E-state index contributed by atoms with van der Waals surface area (Å²) in [5.74, 6) is -1.24. The molecule has 1 atom stereocenters. The second kappa shape index (κ2) is 8.13. The number of halogens is 2. The lowest BCUT2D eigenvalue weighted by Crippen LogP contribution is -2.55. The summed E-state index contributed by atoms with van der Waals surface area (Å²) in [7, 11) is 0. The lowest BCUT2D eigenvalue weighted by molar-refractivity contribution is -0.125. The summed E-state index contributed by atoms with van der Waals surface area (Å²) in [6.07, 6.45) is 0. The molecule has 148 valence electrons. The van der Waals surface area contributed by atoms with Gasteiger partial charge in [0.1, 0.15) is 11.6 Å². The van der Waals surface area contributed by atoms with E-state index < -0.39 is 17.7 Å². The van der Waals surface area contributed by atoms with E-state index in [9.17, 15) is 13.6 Å². The first kappa shape index (κ1) is 19.3. The molecule has 0 saturated carbocycles. The van der Waals surface area contributed by atoms with Gasteiger partial charge in [0.15, 0.2) is 0 Å². The molecule has 1 aliphatic heterocycles. The zero-order chi connectivity index (χ0) is 20.4. The summed E-state index contributed by atoms with van der Waals surface area (Å²) in [6.45, 7) is 2.85. The number of para-hydroxylation sites is 1. The molecule has 0 aliphatic carbocycles. The maximum absolute atomic E-state index is 14.0. The lowest BCUT2D eigenvalue weighted by Gasteiger charge is -2.39. The Labute approximate surface area is 169 Å². The molecule has 1 fully saturated rings. The number of carbonyl (C=O) groups is 1. The maximum atomic E-state index is 14.0. The lowest BCUT2D eigenvalue weighted by atomic mass is 10.0. The van der Waals surface area contributed by atoms with Crippen molar-refractivity contribution < 1.29 is 13.6 Å². The van der Waals surface area contributed by atoms with Gasteiger partial charge >= 0.3 is 0 Å². The van der Waals surface area contributed by atoms with E-state index in [4.69, 9.17) is 0 Å². The van der Waals surface area contributed by atoms with E-state index in [1.54, 1.807) is 11.8 Å². The molecular formula is C24H22F2N2O. The van der Waals surface area contributed by atoms with Crippen LogP contribution in [0.4, 0.5) is 14.5 Å². The SMILES string of the molecule is CC1C(=O)N(c2ccccc2-c2ccccc2)CCN1Cc1c(F)cccc1F. The van der Waals surface area contributed by atoms with Gasteiger partial charge in [-0.1, -0.05) is 54.6 Å². The highest BCUT2D eigenvalue weighted by atomic mass is 19.1. The average molecular weight is 392 g/mol. The zero-order valence-electron chi connectivity index (χ0n) is 16.2. The summed E-state index contributed by atoms with van der Waals surface area (Å²) in [5.41, 5.74) is 2.89. The molecule has 1 amide bonds. The standard InChI is InChI=1S/C24H22F2N2O/c1-17-24(29)28(15-14-27(17)16-20-21(25)11-7-12-22(20)26)23-13-6-5-10-19(23)18-8-3-2-4-9-18/h2-13,17H,14-16H2,1H3. The van der Waals surface area contributed by atoms with Crippen LogP contribution in [-0.4, -0.2) is 29.9 Å². The Kier molecular flexibility index (Phi) is 5.41. The largest absolute Gasteiger partial charge is 0.309 e. The first-order valence-electron chi connectivity index (χ1n) is 9.69. The molecule has 1 saturated heterocycles. The molecular weight excluding hydrogens is 370 g/mol. The first-order chi connectivity index (χ1) is 14.1. The van der Waals surface area contributed by atoms with Crippen LogP contribution in [-0.2, 0) is 11.3 Å². The van der Waals surface area contributed by atoms with Crippen molar-refractivity contribution in [3.05, 3.63) is 90.0 Å². The topological polar surface area (TPSA) is 23.6 Å². The van der Waals surface area contributed by atoms with Gasteiger partial charge in [-0.3, -0.25) is 9.69 Å². The van der Waals surface area contributed by atoms with E-state index in [2.05, 4.69) is 0 Å². The van der Waals surface area contributed by atoms with E-state index in [1.165, 1.54) is 18.2 Å². The van der Waals surface area contributed by atoms with Gasteiger partial charge in [-0.05, 0) is 30.7 Å². The van der Waals surface area contributed by atoms with Crippen molar-refractivity contribution in [3.63, 3.8) is 0 Å². The van der Waals surface area contributed by atoms with Crippen molar-refractivity contribution in [2.24, 2.45) is 0 Å². The van der Waals surface area contributed by atoms with Crippen molar-refractivity contribution in [3.8, 4) is 11.1 Å². The van der Waals surface area contributed by atoms with Crippen molar-refractivity contribution in [1.82, 2.24) is 4.90 Å². The van der Waals surface area contributed by atoms with Gasteiger partial charge in [-0.15, -0.1) is 0 Å². The number of hydrogen-bond acceptors (Lipinski definition) is 2. The predicted octanol–water partition coefficient (Wildman–Crippen LogP) is 4.87. The highest BCUT2D eigenvalue weighted by Gasteiger charge is 2.34. The molecule has 3 nitrogen and oxygen atoms in total. The molecule has 0 spiro atoms. The van der Waals surface area contributed by atoms with Crippen LogP contribution >= 0.6 is 0 Å². The number of rotatable bonds is 4. The number of carbonyl (C=O) groups excluding carboxylic acids is 1. The number of nitrogens with zero attached hydrogens (tertiary/aromatic N) is 2. The fraction of sp³-hybridized carbons (Fsp3) is 0.208. The third kappa shape index (κ3) is 3.78. The summed E-state index contributed by atoms with van der Waals surface area (Å²) >= 11 is 0. The summed E-state index contributed by atoms with van der Waals surface area (Å²) in [4.78, 5) is 16.8. The molecule has 1 heterocycles. The minimum atomic E-state index is -0.582. The molecule has 3 aromatic carbocycles. The monoisotopic (exact) mass is 392 g/mol. The predicted molar refractivity (Wildman–Crippen MR) is 110 cm³/mol. The highest BCUT2D eigenvalue weighted by molar-refractivity contribution is 6.01. The quantitative estimate of drug-likeness (QED) is 0.633. The second-order valence-corrected chi connectivity index (χ2v) is 7.22. The number of anilines is 1. The smallest absolute Gasteiger partial charge is 0.244 e. The van der Waals surface area contributed by atoms with Gasteiger partial charge in [0, 0.05) is 30.8 Å². The van der Waals surface area contributed by atoms with Crippen LogP contribution in [0.1, 0.15) is 12.5 Å². The van der Waals surface area contributed by atoms with Gasteiger partial charge in [0.25, 0.3) is 0 Å². The van der Waals surface area contributed by atoms with Crippen LogP contribution in [0.2, 0.25) is 0 Å². The van der Waals surface area contributed by atoms with Crippen molar-refractivity contribution in [2.45, 2.75) is 19.5 Å². The summed E-state index contributed by atoms with van der Waals surface area (Å²) in [5, 5.41) is 0. The number of amides is 1. The Morgan fingerprint density at radius 1 is 0.862 bits per heavy atom. The molecule has 1 unspecified atom stereocenters. The molecule has 0 N–H and O–H groups in total. The molecule has 5 heteroatoms. The zero-order valence-corrected chi connectivity index (χ0v) is 16.2. The van der Waals surface area contributed by atoms with Crippen LogP contribution in [0, 0.1) is 11.6 Å². The first-order valence-corrected chi connectivity index (χ1v) is 9.69. The highest BCUT2D eigenvalue weighted by Crippen LogP contribution is 2.32. The number of hydrogen-bond donors (Lipinski definition) is 0. The van der Waals surface area contributed by atoms with E-state index in [-0.39, 0.29) is 18.0 Å². The van der Waals surface area contributed by atoms with E-state index in [0.29, 0.717) is 13.1 Å². The van der Waals surface area contributed by atoms with E-state index in [1.807, 2.05) is 59.5 Å². The normalized spacial score (nSPS) is 17.6. The Bertz CT molecular complexity index is 1000. The third-order valence-corrected chi connectivity index (χ3v) is 5.48. The molecule has 0 aromatic heterocycles. The Hall–Kier alpha value is -3.05. The van der Waals surface area contributed by atoms with Crippen molar-refractivity contribution >= 4 is 11.6 Å². The van der Waals surface area contributed by atoms with Crippen molar-refractivity contribution in [1.29, 1.82) is 0 Å². The van der Waals surface area contributed by atoms with Crippen LogP contribution in [0.3, 0.4) is 0 Å². The Morgan fingerprint density at radius 2 is 1.52 bits per heavy atom. The fourth-order valence-corrected chi connectivity index (χ4v) is 3.83. The van der Waals surface area contributed by atoms with Crippen LogP contribution in [0.25, 0.3) is 11.1 Å². The van der Waals surface area contributed by atoms with E-state index >= 15 is 0 Å². The van der Waals surface area contributed by atoms with Crippen LogP contribution in [0.15, 0.2) is 72.8 Å². The van der Waals surface area contributed by atoms with Gasteiger partial charge in [0.2, 0.25) is 5.91 Å². The summed E-state index contributed by atoms with van der Waals surface area (Å²) in [6, 6.07) is 21.1. The average Bonchev–Trinajstić information content (AvgIpc) is 2.74. The van der Waals surface area contributed by atoms with Gasteiger partial charge < -0.3 is 4.90 Å². The molecule has 1 aliphatic rings. The second-order valence-electron chi connectivity index (χ2n) is 7.22. The summed E-state index contributed by atoms with van der Waals surface area (Å²) < 4.78 is 28.1. The van der Waals surface area contributed by atoms with Crippen LogP contribution < -0.4 is 4.90 Å². The fourth-order valence-electron chi connectivity index (χ4n) is 3.83. The molecule has 0 radical (unpaired) electrons. The molecule has 29 heavy (non-hydrogen) atoms. The minimum absolute atomic E-state index is 0.00489. The van der Waals surface area contributed by atoms with Gasteiger partial charge in [-0.25, -0.2) is 8.78 Å². The Balaban J connectivity index is 1.59. The molecule has 0 bridgehead atoms. The maximum Gasteiger partial charge on any atom is 0.244 e. The van der Waals surface area contributed by atoms with Crippen molar-refractivity contribution in [2.75, 3.05) is 18.0 Å². The number of piperazine rings is 1. The van der Waals surface area contributed by atoms with E-state index in [0.717, 1.165) is 16.8 Å². The third-order valence-electron chi connectivity index (χ3n) is 5.48. The van der Waals surface area contributed by atoms with Gasteiger partial charge in [-0.2, -0.15) is 0 Å². The molecule has 3 aromatic rings. The van der Waals surface area contributed by atoms with Gasteiger partial charge in [0.05, 0.1) is 11.7 Å². The molecule has 4 rings (SSSR count). The minimum Gasteiger partial charge on any atom is -0.309 e.